The third-order valence-electron chi connectivity index (χ3n) is 3.08. The summed E-state index contributed by atoms with van der Waals surface area (Å²) in [4.78, 5) is 11.2. The predicted molar refractivity (Wildman–Crippen MR) is 51.3 cm³/mol. The number of halogens is 2. The molecule has 0 bridgehead atoms. The molecular formula is C9H12Cl2O. The standard InChI is InChI=1S/C9H12Cl2O/c1-8(2)6(12)4-9(8,3)5-7(10)11/h5H,4H2,1-3H3. The van der Waals surface area contributed by atoms with Gasteiger partial charge >= 0.3 is 0 Å². The van der Waals surface area contributed by atoms with Crippen LogP contribution in [0.25, 0.3) is 0 Å². The minimum absolute atomic E-state index is 0.164. The SMILES string of the molecule is CC1(C=C(Cl)Cl)CC(=O)C1(C)C. The van der Waals surface area contributed by atoms with E-state index in [1.165, 1.54) is 0 Å². The third-order valence-corrected chi connectivity index (χ3v) is 3.30. The first-order valence-corrected chi connectivity index (χ1v) is 4.62. The van der Waals surface area contributed by atoms with Gasteiger partial charge in [-0.2, -0.15) is 0 Å². The van der Waals surface area contributed by atoms with Crippen molar-refractivity contribution in [1.82, 2.24) is 0 Å². The van der Waals surface area contributed by atoms with Gasteiger partial charge in [0.2, 0.25) is 0 Å². The molecule has 1 aliphatic rings. The van der Waals surface area contributed by atoms with Crippen LogP contribution in [0.15, 0.2) is 10.6 Å². The lowest BCUT2D eigenvalue weighted by Gasteiger charge is -2.50. The third kappa shape index (κ3) is 1.29. The van der Waals surface area contributed by atoms with Crippen LogP contribution in [0, 0.1) is 10.8 Å². The van der Waals surface area contributed by atoms with Gasteiger partial charge in [0.05, 0.1) is 0 Å². The van der Waals surface area contributed by atoms with E-state index >= 15 is 0 Å². The first kappa shape index (κ1) is 10.1. The zero-order valence-corrected chi connectivity index (χ0v) is 8.96. The van der Waals surface area contributed by atoms with Crippen molar-refractivity contribution in [1.29, 1.82) is 0 Å². The largest absolute Gasteiger partial charge is 0.299 e. The van der Waals surface area contributed by atoms with Crippen LogP contribution in [0.3, 0.4) is 0 Å². The first-order chi connectivity index (χ1) is 5.29. The number of rotatable bonds is 1. The Balaban J connectivity index is 2.91. The van der Waals surface area contributed by atoms with Crippen molar-refractivity contribution in [3.8, 4) is 0 Å². The summed E-state index contributed by atoms with van der Waals surface area (Å²) in [6.07, 6.45) is 2.31. The van der Waals surface area contributed by atoms with E-state index in [1.807, 2.05) is 20.8 Å². The van der Waals surface area contributed by atoms with Crippen LogP contribution in [0.4, 0.5) is 0 Å². The normalized spacial score (nSPS) is 32.6. The highest BCUT2D eigenvalue weighted by atomic mass is 35.5. The van der Waals surface area contributed by atoms with Crippen LogP contribution < -0.4 is 0 Å². The number of Topliss-reactive ketones (excluding diaryl/α,β-unsaturated/α-hetero) is 1. The van der Waals surface area contributed by atoms with Crippen molar-refractivity contribution in [2.24, 2.45) is 10.8 Å². The van der Waals surface area contributed by atoms with E-state index < -0.39 is 0 Å². The van der Waals surface area contributed by atoms with E-state index in [4.69, 9.17) is 23.2 Å². The second-order valence-corrected chi connectivity index (χ2v) is 5.08. The van der Waals surface area contributed by atoms with Gasteiger partial charge in [-0.05, 0) is 6.08 Å². The lowest BCUT2D eigenvalue weighted by Crippen LogP contribution is -2.52. The van der Waals surface area contributed by atoms with Crippen LogP contribution in [-0.2, 0) is 4.79 Å². The fraction of sp³-hybridized carbons (Fsp3) is 0.667. The van der Waals surface area contributed by atoms with Gasteiger partial charge in [-0.25, -0.2) is 0 Å². The maximum Gasteiger partial charge on any atom is 0.140 e. The van der Waals surface area contributed by atoms with Gasteiger partial charge in [-0.3, -0.25) is 4.79 Å². The fourth-order valence-corrected chi connectivity index (χ4v) is 1.94. The van der Waals surface area contributed by atoms with Gasteiger partial charge in [0.15, 0.2) is 0 Å². The minimum Gasteiger partial charge on any atom is -0.299 e. The average molecular weight is 207 g/mol. The maximum atomic E-state index is 11.2. The molecule has 1 rings (SSSR count). The second-order valence-electron chi connectivity index (χ2n) is 4.08. The highest BCUT2D eigenvalue weighted by molar-refractivity contribution is 6.55. The van der Waals surface area contributed by atoms with Crippen molar-refractivity contribution < 1.29 is 4.79 Å². The number of hydrogen-bond donors (Lipinski definition) is 0. The quantitative estimate of drug-likeness (QED) is 0.644. The Hall–Kier alpha value is -0.0100. The lowest BCUT2D eigenvalue weighted by molar-refractivity contribution is -0.148. The highest BCUT2D eigenvalue weighted by Crippen LogP contribution is 2.55. The zero-order valence-electron chi connectivity index (χ0n) is 7.45. The summed E-state index contributed by atoms with van der Waals surface area (Å²) in [6, 6.07) is 0. The van der Waals surface area contributed by atoms with Crippen molar-refractivity contribution in [2.45, 2.75) is 27.2 Å². The molecule has 0 aromatic rings. The topological polar surface area (TPSA) is 17.1 Å². The Morgan fingerprint density at radius 3 is 2.17 bits per heavy atom. The number of ketones is 1. The molecule has 0 radical (unpaired) electrons. The molecule has 1 nitrogen and oxygen atoms in total. The summed E-state index contributed by atoms with van der Waals surface area (Å²) in [5.74, 6) is 0.274. The predicted octanol–water partition coefficient (Wildman–Crippen LogP) is 3.31. The van der Waals surface area contributed by atoms with Crippen LogP contribution in [-0.4, -0.2) is 5.78 Å². The van der Waals surface area contributed by atoms with Crippen LogP contribution in [0.2, 0.25) is 0 Å². The van der Waals surface area contributed by atoms with E-state index in [9.17, 15) is 4.79 Å². The molecule has 0 aliphatic heterocycles. The Kier molecular flexibility index (Phi) is 2.30. The number of hydrogen-bond acceptors (Lipinski definition) is 1. The Morgan fingerprint density at radius 1 is 1.42 bits per heavy atom. The summed E-state index contributed by atoms with van der Waals surface area (Å²) in [7, 11) is 0. The molecule has 0 aromatic heterocycles. The maximum absolute atomic E-state index is 11.2. The highest BCUT2D eigenvalue weighted by Gasteiger charge is 2.55. The van der Waals surface area contributed by atoms with E-state index in [0.29, 0.717) is 6.42 Å². The van der Waals surface area contributed by atoms with Gasteiger partial charge < -0.3 is 0 Å². The molecule has 1 fully saturated rings. The van der Waals surface area contributed by atoms with E-state index in [-0.39, 0.29) is 21.1 Å². The van der Waals surface area contributed by atoms with Crippen LogP contribution >= 0.6 is 23.2 Å². The molecule has 0 aromatic carbocycles. The molecule has 68 valence electrons. The molecule has 0 N–H and O–H groups in total. The van der Waals surface area contributed by atoms with E-state index in [1.54, 1.807) is 6.08 Å². The molecular weight excluding hydrogens is 195 g/mol. The Bertz CT molecular complexity index is 251. The molecule has 0 saturated heterocycles. The van der Waals surface area contributed by atoms with Crippen molar-refractivity contribution >= 4 is 29.0 Å². The molecule has 0 amide bonds. The van der Waals surface area contributed by atoms with Crippen LogP contribution in [0.5, 0.6) is 0 Å². The first-order valence-electron chi connectivity index (χ1n) is 3.87. The van der Waals surface area contributed by atoms with Gasteiger partial charge in [0.1, 0.15) is 10.3 Å². The van der Waals surface area contributed by atoms with Crippen molar-refractivity contribution in [3.63, 3.8) is 0 Å². The fourth-order valence-electron chi connectivity index (χ4n) is 1.46. The summed E-state index contributed by atoms with van der Waals surface area (Å²) in [6.45, 7) is 5.84. The Morgan fingerprint density at radius 2 is 1.92 bits per heavy atom. The minimum atomic E-state index is -0.317. The van der Waals surface area contributed by atoms with Gasteiger partial charge in [-0.15, -0.1) is 0 Å². The summed E-state index contributed by atoms with van der Waals surface area (Å²) in [5, 5.41) is 0. The smallest absolute Gasteiger partial charge is 0.140 e. The van der Waals surface area contributed by atoms with Gasteiger partial charge in [0.25, 0.3) is 0 Å². The molecule has 1 atom stereocenters. The molecule has 12 heavy (non-hydrogen) atoms. The summed E-state index contributed by atoms with van der Waals surface area (Å²) in [5.41, 5.74) is -0.481. The molecule has 1 saturated carbocycles. The van der Waals surface area contributed by atoms with E-state index in [2.05, 4.69) is 0 Å². The van der Waals surface area contributed by atoms with E-state index in [0.717, 1.165) is 0 Å². The number of allylic oxidation sites excluding steroid dienone is 1. The monoisotopic (exact) mass is 206 g/mol. The van der Waals surface area contributed by atoms with Crippen molar-refractivity contribution in [2.75, 3.05) is 0 Å². The summed E-state index contributed by atoms with van der Waals surface area (Å²) >= 11 is 11.1. The molecule has 3 heteroatoms. The molecule has 0 heterocycles. The second kappa shape index (κ2) is 2.74. The molecule has 1 unspecified atom stereocenters. The molecule has 1 aliphatic carbocycles. The summed E-state index contributed by atoms with van der Waals surface area (Å²) < 4.78 is 0.248. The number of carbonyl (C=O) groups excluding carboxylic acids is 1. The zero-order chi connectivity index (χ0) is 9.57. The lowest BCUT2D eigenvalue weighted by atomic mass is 9.51. The van der Waals surface area contributed by atoms with Gasteiger partial charge in [-0.1, -0.05) is 44.0 Å². The molecule has 0 spiro atoms. The average Bonchev–Trinajstić information content (AvgIpc) is 1.85. The van der Waals surface area contributed by atoms with Gasteiger partial charge in [0, 0.05) is 17.3 Å². The Labute approximate surface area is 82.7 Å². The van der Waals surface area contributed by atoms with Crippen LogP contribution in [0.1, 0.15) is 27.2 Å². The number of carbonyl (C=O) groups is 1. The van der Waals surface area contributed by atoms with Crippen molar-refractivity contribution in [3.05, 3.63) is 10.6 Å².